The van der Waals surface area contributed by atoms with Crippen LogP contribution in [-0.2, 0) is 21.2 Å². The van der Waals surface area contributed by atoms with Crippen molar-refractivity contribution in [3.8, 4) is 0 Å². The van der Waals surface area contributed by atoms with Crippen LogP contribution < -0.4 is 4.72 Å². The Morgan fingerprint density at radius 3 is 2.39 bits per heavy atom. The maximum absolute atomic E-state index is 12.3. The molecule has 0 fully saturated rings. The highest BCUT2D eigenvalue weighted by Gasteiger charge is 2.21. The number of hydrogen-bond donors (Lipinski definition) is 2. The van der Waals surface area contributed by atoms with Crippen molar-refractivity contribution in [3.63, 3.8) is 0 Å². The van der Waals surface area contributed by atoms with E-state index in [1.54, 1.807) is 31.2 Å². The second-order valence-electron chi connectivity index (χ2n) is 4.93. The van der Waals surface area contributed by atoms with Crippen LogP contribution in [0.1, 0.15) is 12.5 Å². The lowest BCUT2D eigenvalue weighted by Crippen LogP contribution is -2.13. The fraction of sp³-hybridized carbons (Fsp3) is 0.214. The molecule has 0 saturated carbocycles. The lowest BCUT2D eigenvalue weighted by atomic mass is 10.0. The predicted molar refractivity (Wildman–Crippen MR) is 92.1 cm³/mol. The number of halogens is 2. The summed E-state index contributed by atoms with van der Waals surface area (Å²) in [6.07, 6.45) is 0.369. The summed E-state index contributed by atoms with van der Waals surface area (Å²) >= 11 is 12.6. The number of rotatable bonds is 6. The van der Waals surface area contributed by atoms with Crippen molar-refractivity contribution in [3.05, 3.63) is 44.6 Å². The van der Waals surface area contributed by atoms with Crippen molar-refractivity contribution in [1.82, 2.24) is 0 Å². The van der Waals surface area contributed by atoms with Crippen molar-refractivity contribution in [2.75, 3.05) is 4.72 Å². The molecule has 23 heavy (non-hydrogen) atoms. The highest BCUT2D eigenvalue weighted by atomic mass is 35.5. The van der Waals surface area contributed by atoms with Crippen molar-refractivity contribution < 1.29 is 18.3 Å². The van der Waals surface area contributed by atoms with E-state index < -0.39 is 21.9 Å². The van der Waals surface area contributed by atoms with Gasteiger partial charge in [-0.15, -0.1) is 11.3 Å². The van der Waals surface area contributed by atoms with Crippen LogP contribution in [0.3, 0.4) is 0 Å². The summed E-state index contributed by atoms with van der Waals surface area (Å²) in [7, 11) is -3.82. The van der Waals surface area contributed by atoms with Crippen LogP contribution in [0.15, 0.2) is 35.2 Å². The van der Waals surface area contributed by atoms with Crippen molar-refractivity contribution in [1.29, 1.82) is 0 Å². The quantitative estimate of drug-likeness (QED) is 0.772. The second-order valence-corrected chi connectivity index (χ2v) is 8.87. The van der Waals surface area contributed by atoms with E-state index in [0.717, 1.165) is 16.9 Å². The molecule has 1 aromatic carbocycles. The van der Waals surface area contributed by atoms with Gasteiger partial charge in [-0.05, 0) is 30.2 Å². The van der Waals surface area contributed by atoms with Crippen LogP contribution in [0.25, 0.3) is 0 Å². The summed E-state index contributed by atoms with van der Waals surface area (Å²) < 4.78 is 27.3. The number of carboxylic acid groups (broad SMARTS) is 1. The molecule has 0 aliphatic carbocycles. The molecule has 5 nitrogen and oxygen atoms in total. The van der Waals surface area contributed by atoms with E-state index in [1.165, 1.54) is 6.07 Å². The van der Waals surface area contributed by atoms with Gasteiger partial charge in [-0.2, -0.15) is 0 Å². The lowest BCUT2D eigenvalue weighted by molar-refractivity contribution is -0.141. The zero-order chi connectivity index (χ0) is 17.2. The third-order valence-corrected chi connectivity index (χ3v) is 6.22. The first-order chi connectivity index (χ1) is 10.7. The first kappa shape index (κ1) is 18.1. The van der Waals surface area contributed by atoms with E-state index in [4.69, 9.17) is 28.3 Å². The Balaban J connectivity index is 2.14. The standard InChI is InChI=1S/C14H13Cl2NO4S2/c1-8(14(18)19)6-9-2-4-10(5-3-9)17-23(20,21)11-7-12(15)22-13(11)16/h2-5,7-8,17H,6H2,1H3,(H,18,19). The van der Waals surface area contributed by atoms with Crippen LogP contribution in [0.4, 0.5) is 5.69 Å². The van der Waals surface area contributed by atoms with Gasteiger partial charge in [0.2, 0.25) is 0 Å². The van der Waals surface area contributed by atoms with Crippen molar-refractivity contribution in [2.24, 2.45) is 5.92 Å². The molecule has 1 atom stereocenters. The summed E-state index contributed by atoms with van der Waals surface area (Å²) in [6, 6.07) is 7.80. The summed E-state index contributed by atoms with van der Waals surface area (Å²) in [5.74, 6) is -1.39. The number of anilines is 1. The first-order valence-electron chi connectivity index (χ1n) is 6.48. The third-order valence-electron chi connectivity index (χ3n) is 3.08. The topological polar surface area (TPSA) is 83.5 Å². The molecule has 9 heteroatoms. The van der Waals surface area contributed by atoms with Gasteiger partial charge in [-0.25, -0.2) is 8.42 Å². The van der Waals surface area contributed by atoms with Gasteiger partial charge in [0.15, 0.2) is 0 Å². The summed E-state index contributed by atoms with van der Waals surface area (Å²) in [6.45, 7) is 1.61. The first-order valence-corrected chi connectivity index (χ1v) is 9.54. The lowest BCUT2D eigenvalue weighted by Gasteiger charge is -2.09. The molecular weight excluding hydrogens is 381 g/mol. The van der Waals surface area contributed by atoms with Gasteiger partial charge < -0.3 is 5.11 Å². The fourth-order valence-corrected chi connectivity index (χ4v) is 5.08. The monoisotopic (exact) mass is 393 g/mol. The van der Waals surface area contributed by atoms with Gasteiger partial charge in [0.1, 0.15) is 9.23 Å². The maximum Gasteiger partial charge on any atom is 0.306 e. The fourth-order valence-electron chi connectivity index (χ4n) is 1.87. The van der Waals surface area contributed by atoms with Crippen molar-refractivity contribution >= 4 is 56.2 Å². The molecule has 0 amide bonds. The number of nitrogens with one attached hydrogen (secondary N) is 1. The van der Waals surface area contributed by atoms with Gasteiger partial charge >= 0.3 is 5.97 Å². The van der Waals surface area contributed by atoms with Crippen LogP contribution in [0.5, 0.6) is 0 Å². The number of carbonyl (C=O) groups is 1. The molecule has 0 saturated heterocycles. The van der Waals surface area contributed by atoms with E-state index in [-0.39, 0.29) is 13.6 Å². The minimum Gasteiger partial charge on any atom is -0.481 e. The Hall–Kier alpha value is -1.28. The SMILES string of the molecule is CC(Cc1ccc(NS(=O)(=O)c2cc(Cl)sc2Cl)cc1)C(=O)O. The second kappa shape index (κ2) is 7.09. The molecule has 1 aromatic heterocycles. The average molecular weight is 394 g/mol. The highest BCUT2D eigenvalue weighted by Crippen LogP contribution is 2.35. The number of aliphatic carboxylic acids is 1. The Morgan fingerprint density at radius 2 is 1.91 bits per heavy atom. The smallest absolute Gasteiger partial charge is 0.306 e. The highest BCUT2D eigenvalue weighted by molar-refractivity contribution is 7.93. The molecule has 2 rings (SSSR count). The van der Waals surface area contributed by atoms with Crippen molar-refractivity contribution in [2.45, 2.75) is 18.2 Å². The van der Waals surface area contributed by atoms with Gasteiger partial charge in [-0.3, -0.25) is 9.52 Å². The van der Waals surface area contributed by atoms with E-state index in [9.17, 15) is 13.2 Å². The van der Waals surface area contributed by atoms with Crippen LogP contribution in [0.2, 0.25) is 8.67 Å². The van der Waals surface area contributed by atoms with Crippen LogP contribution in [0, 0.1) is 5.92 Å². The Kier molecular flexibility index (Phi) is 5.57. The largest absolute Gasteiger partial charge is 0.481 e. The van der Waals surface area contributed by atoms with E-state index in [0.29, 0.717) is 12.1 Å². The molecule has 0 spiro atoms. The number of thiophene rings is 1. The van der Waals surface area contributed by atoms with E-state index >= 15 is 0 Å². The number of benzene rings is 1. The molecular formula is C14H13Cl2NO4S2. The molecule has 1 unspecified atom stereocenters. The minimum atomic E-state index is -3.82. The Labute approximate surface area is 147 Å². The number of sulfonamides is 1. The zero-order valence-corrected chi connectivity index (χ0v) is 15.1. The Bertz CT molecular complexity index is 816. The summed E-state index contributed by atoms with van der Waals surface area (Å²) in [5.41, 5.74) is 1.16. The third kappa shape index (κ3) is 4.60. The van der Waals surface area contributed by atoms with Gasteiger partial charge in [-0.1, -0.05) is 42.3 Å². The summed E-state index contributed by atoms with van der Waals surface area (Å²) in [4.78, 5) is 10.8. The molecule has 124 valence electrons. The average Bonchev–Trinajstić information content (AvgIpc) is 2.80. The van der Waals surface area contributed by atoms with Gasteiger partial charge in [0, 0.05) is 5.69 Å². The summed E-state index contributed by atoms with van der Waals surface area (Å²) in [5, 5.41) is 8.89. The number of carboxylic acids is 1. The zero-order valence-electron chi connectivity index (χ0n) is 11.9. The molecule has 0 bridgehead atoms. The molecule has 0 radical (unpaired) electrons. The van der Waals surface area contributed by atoms with Gasteiger partial charge in [0.05, 0.1) is 10.3 Å². The molecule has 0 aliphatic rings. The van der Waals surface area contributed by atoms with Crippen LogP contribution >= 0.6 is 34.5 Å². The van der Waals surface area contributed by atoms with E-state index in [2.05, 4.69) is 4.72 Å². The predicted octanol–water partition coefficient (Wildman–Crippen LogP) is 4.12. The van der Waals surface area contributed by atoms with E-state index in [1.807, 2.05) is 0 Å². The molecule has 2 N–H and O–H groups in total. The molecule has 1 heterocycles. The maximum atomic E-state index is 12.3. The van der Waals surface area contributed by atoms with Crippen LogP contribution in [-0.4, -0.2) is 19.5 Å². The Morgan fingerprint density at radius 1 is 1.30 bits per heavy atom. The number of hydrogen-bond acceptors (Lipinski definition) is 4. The van der Waals surface area contributed by atoms with Gasteiger partial charge in [0.25, 0.3) is 10.0 Å². The normalized spacial score (nSPS) is 12.8. The molecule has 2 aromatic rings. The molecule has 0 aliphatic heterocycles. The minimum absolute atomic E-state index is 0.0715.